The quantitative estimate of drug-likeness (QED) is 0.443. The fourth-order valence-corrected chi connectivity index (χ4v) is 3.77. The second-order valence-corrected chi connectivity index (χ2v) is 7.37. The Hall–Kier alpha value is -1.68. The summed E-state index contributed by atoms with van der Waals surface area (Å²) in [5.41, 5.74) is 0.650. The van der Waals surface area contributed by atoms with Crippen LogP contribution in [0.2, 0.25) is 5.02 Å². The second-order valence-electron chi connectivity index (χ2n) is 6.55. The Labute approximate surface area is 169 Å². The van der Waals surface area contributed by atoms with E-state index in [1.54, 1.807) is 12.1 Å². The van der Waals surface area contributed by atoms with Gasteiger partial charge in [0.1, 0.15) is 5.69 Å². The van der Waals surface area contributed by atoms with Gasteiger partial charge in [-0.05, 0) is 24.4 Å². The Morgan fingerprint density at radius 1 is 1.22 bits per heavy atom. The number of rotatable bonds is 5. The number of anilines is 1. The van der Waals surface area contributed by atoms with Gasteiger partial charge in [-0.2, -0.15) is 0 Å². The van der Waals surface area contributed by atoms with Crippen LogP contribution in [0, 0.1) is 10.1 Å². The van der Waals surface area contributed by atoms with Gasteiger partial charge in [0.2, 0.25) is 0 Å². The first-order valence-electron chi connectivity index (χ1n) is 9.06. The van der Waals surface area contributed by atoms with E-state index in [0.29, 0.717) is 23.8 Å². The van der Waals surface area contributed by atoms with Gasteiger partial charge >= 0.3 is 0 Å². The van der Waals surface area contributed by atoms with E-state index in [-0.39, 0.29) is 10.6 Å². The number of ether oxygens (including phenoxy) is 1. The van der Waals surface area contributed by atoms with Crippen LogP contribution in [0.25, 0.3) is 0 Å². The lowest BCUT2D eigenvalue weighted by atomic mass is 10.2. The molecule has 0 aromatic heterocycles. The summed E-state index contributed by atoms with van der Waals surface area (Å²) in [6, 6.07) is 4.81. The van der Waals surface area contributed by atoms with Crippen molar-refractivity contribution in [3.63, 3.8) is 0 Å². The molecule has 0 aliphatic carbocycles. The number of halogens is 1. The van der Waals surface area contributed by atoms with Crippen molar-refractivity contribution >= 4 is 40.3 Å². The first kappa shape index (κ1) is 20.1. The standard InChI is InChI=1S/C17H24ClN5O3S/c18-14-1-2-15(16(13-14)23(24)25)21-5-7-22(8-6-21)17(27)19-3-4-20-9-11-26-12-10-20/h1-2,13H,3-12H2,(H,19,27). The van der Waals surface area contributed by atoms with Crippen LogP contribution >= 0.6 is 23.8 Å². The number of hydrogen-bond donors (Lipinski definition) is 1. The average molecular weight is 414 g/mol. The zero-order valence-corrected chi connectivity index (χ0v) is 16.7. The molecule has 2 saturated heterocycles. The van der Waals surface area contributed by atoms with Crippen LogP contribution in [0.15, 0.2) is 18.2 Å². The SMILES string of the molecule is O=[N+]([O-])c1cc(Cl)ccc1N1CCN(C(=S)NCCN2CCOCC2)CC1. The third-order valence-corrected chi connectivity index (χ3v) is 5.49. The lowest BCUT2D eigenvalue weighted by molar-refractivity contribution is -0.384. The van der Waals surface area contributed by atoms with Crippen molar-refractivity contribution < 1.29 is 9.66 Å². The molecular formula is C17H24ClN5O3S. The Kier molecular flexibility index (Phi) is 7.06. The molecule has 2 fully saturated rings. The molecule has 148 valence electrons. The van der Waals surface area contributed by atoms with Gasteiger partial charge in [0.25, 0.3) is 5.69 Å². The van der Waals surface area contributed by atoms with Crippen LogP contribution in [0.4, 0.5) is 11.4 Å². The van der Waals surface area contributed by atoms with E-state index in [1.807, 2.05) is 4.90 Å². The molecular weight excluding hydrogens is 390 g/mol. The van der Waals surface area contributed by atoms with Gasteiger partial charge in [0.05, 0.1) is 18.1 Å². The predicted molar refractivity (Wildman–Crippen MR) is 110 cm³/mol. The van der Waals surface area contributed by atoms with Crippen molar-refractivity contribution in [3.05, 3.63) is 33.3 Å². The van der Waals surface area contributed by atoms with Gasteiger partial charge in [-0.3, -0.25) is 15.0 Å². The first-order chi connectivity index (χ1) is 13.0. The van der Waals surface area contributed by atoms with Gasteiger partial charge < -0.3 is 19.9 Å². The van der Waals surface area contributed by atoms with E-state index in [1.165, 1.54) is 6.07 Å². The Bertz CT molecular complexity index is 679. The van der Waals surface area contributed by atoms with Gasteiger partial charge in [0.15, 0.2) is 5.11 Å². The molecule has 0 radical (unpaired) electrons. The molecule has 1 aromatic carbocycles. The molecule has 10 heteroatoms. The average Bonchev–Trinajstić information content (AvgIpc) is 2.69. The summed E-state index contributed by atoms with van der Waals surface area (Å²) >= 11 is 11.4. The summed E-state index contributed by atoms with van der Waals surface area (Å²) in [5, 5.41) is 15.7. The largest absolute Gasteiger partial charge is 0.379 e. The minimum Gasteiger partial charge on any atom is -0.379 e. The smallest absolute Gasteiger partial charge is 0.294 e. The molecule has 2 heterocycles. The third kappa shape index (κ3) is 5.41. The normalized spacial score (nSPS) is 18.4. The highest BCUT2D eigenvalue weighted by Gasteiger charge is 2.25. The maximum atomic E-state index is 11.3. The maximum Gasteiger partial charge on any atom is 0.294 e. The Balaban J connectivity index is 1.47. The third-order valence-electron chi connectivity index (χ3n) is 4.85. The summed E-state index contributed by atoms with van der Waals surface area (Å²) in [7, 11) is 0. The van der Waals surface area contributed by atoms with Gasteiger partial charge in [-0.1, -0.05) is 11.6 Å². The van der Waals surface area contributed by atoms with E-state index in [4.69, 9.17) is 28.6 Å². The summed E-state index contributed by atoms with van der Waals surface area (Å²) in [6.07, 6.45) is 0. The Morgan fingerprint density at radius 2 is 1.93 bits per heavy atom. The van der Waals surface area contributed by atoms with E-state index in [2.05, 4.69) is 15.1 Å². The molecule has 0 amide bonds. The van der Waals surface area contributed by atoms with Crippen molar-refractivity contribution in [1.82, 2.24) is 15.1 Å². The van der Waals surface area contributed by atoms with Crippen LogP contribution in [0.1, 0.15) is 0 Å². The molecule has 0 unspecified atom stereocenters. The summed E-state index contributed by atoms with van der Waals surface area (Å²) in [4.78, 5) is 17.4. The van der Waals surface area contributed by atoms with Crippen molar-refractivity contribution in [2.24, 2.45) is 0 Å². The van der Waals surface area contributed by atoms with E-state index in [0.717, 1.165) is 57.6 Å². The van der Waals surface area contributed by atoms with Crippen molar-refractivity contribution in [2.45, 2.75) is 0 Å². The molecule has 1 aromatic rings. The van der Waals surface area contributed by atoms with E-state index >= 15 is 0 Å². The molecule has 2 aliphatic heterocycles. The summed E-state index contributed by atoms with van der Waals surface area (Å²) in [6.45, 7) is 8.07. The zero-order chi connectivity index (χ0) is 19.2. The second kappa shape index (κ2) is 9.50. The van der Waals surface area contributed by atoms with Gasteiger partial charge in [-0.15, -0.1) is 0 Å². The number of thiocarbonyl (C=S) groups is 1. The number of hydrogen-bond acceptors (Lipinski definition) is 6. The highest BCUT2D eigenvalue weighted by Crippen LogP contribution is 2.31. The topological polar surface area (TPSA) is 74.1 Å². The highest BCUT2D eigenvalue weighted by atomic mass is 35.5. The van der Waals surface area contributed by atoms with Crippen LogP contribution in [-0.4, -0.2) is 85.4 Å². The van der Waals surface area contributed by atoms with Crippen LogP contribution in [0.3, 0.4) is 0 Å². The maximum absolute atomic E-state index is 11.3. The molecule has 3 rings (SSSR count). The molecule has 2 aliphatic rings. The van der Waals surface area contributed by atoms with Crippen molar-refractivity contribution in [3.8, 4) is 0 Å². The lowest BCUT2D eigenvalue weighted by Gasteiger charge is -2.37. The minimum atomic E-state index is -0.384. The van der Waals surface area contributed by atoms with Crippen LogP contribution in [-0.2, 0) is 4.74 Å². The lowest BCUT2D eigenvalue weighted by Crippen LogP contribution is -2.52. The predicted octanol–water partition coefficient (Wildman–Crippen LogP) is 1.58. The monoisotopic (exact) mass is 413 g/mol. The summed E-state index contributed by atoms with van der Waals surface area (Å²) in [5.74, 6) is 0. The molecule has 0 bridgehead atoms. The summed E-state index contributed by atoms with van der Waals surface area (Å²) < 4.78 is 5.35. The number of nitrogens with one attached hydrogen (secondary N) is 1. The number of nitrogens with zero attached hydrogens (tertiary/aromatic N) is 4. The molecule has 8 nitrogen and oxygen atoms in total. The van der Waals surface area contributed by atoms with E-state index in [9.17, 15) is 10.1 Å². The molecule has 0 saturated carbocycles. The fourth-order valence-electron chi connectivity index (χ4n) is 3.32. The highest BCUT2D eigenvalue weighted by molar-refractivity contribution is 7.80. The van der Waals surface area contributed by atoms with Crippen LogP contribution < -0.4 is 10.2 Å². The fraction of sp³-hybridized carbons (Fsp3) is 0.588. The molecule has 27 heavy (non-hydrogen) atoms. The van der Waals surface area contributed by atoms with Crippen molar-refractivity contribution in [1.29, 1.82) is 0 Å². The minimum absolute atomic E-state index is 0.0437. The number of nitro benzene ring substituents is 1. The Morgan fingerprint density at radius 3 is 2.59 bits per heavy atom. The van der Waals surface area contributed by atoms with Gasteiger partial charge in [-0.25, -0.2) is 0 Å². The van der Waals surface area contributed by atoms with Crippen LogP contribution in [0.5, 0.6) is 0 Å². The van der Waals surface area contributed by atoms with E-state index < -0.39 is 0 Å². The first-order valence-corrected chi connectivity index (χ1v) is 9.85. The van der Waals surface area contributed by atoms with Crippen molar-refractivity contribution in [2.75, 3.05) is 70.5 Å². The molecule has 1 N–H and O–H groups in total. The number of benzene rings is 1. The molecule has 0 atom stereocenters. The number of piperazine rings is 1. The number of nitro groups is 1. The van der Waals surface area contributed by atoms with Gasteiger partial charge in [0, 0.05) is 63.4 Å². The molecule has 0 spiro atoms. The zero-order valence-electron chi connectivity index (χ0n) is 15.1. The number of morpholine rings is 1.